The zero-order valence-corrected chi connectivity index (χ0v) is 17.7. The fourth-order valence-electron chi connectivity index (χ4n) is 3.56. The second-order valence-corrected chi connectivity index (χ2v) is 8.35. The van der Waals surface area contributed by atoms with Crippen LogP contribution in [0.5, 0.6) is 0 Å². The van der Waals surface area contributed by atoms with Crippen LogP contribution in [0, 0.1) is 5.82 Å². The third-order valence-electron chi connectivity index (χ3n) is 4.99. The summed E-state index contributed by atoms with van der Waals surface area (Å²) in [5, 5.41) is 10.8. The minimum Gasteiger partial charge on any atom is -0.298 e. The Morgan fingerprint density at radius 2 is 1.81 bits per heavy atom. The van der Waals surface area contributed by atoms with Gasteiger partial charge in [-0.2, -0.15) is 0 Å². The van der Waals surface area contributed by atoms with Gasteiger partial charge in [0.1, 0.15) is 11.5 Å². The van der Waals surface area contributed by atoms with E-state index in [-0.39, 0.29) is 16.5 Å². The molecule has 5 rings (SSSR count). The van der Waals surface area contributed by atoms with Gasteiger partial charge in [0.2, 0.25) is 0 Å². The Morgan fingerprint density at radius 1 is 1.03 bits per heavy atom. The van der Waals surface area contributed by atoms with Crippen molar-refractivity contribution in [2.24, 2.45) is 10.1 Å². The number of halogens is 2. The molecule has 0 unspecified atom stereocenters. The molecule has 0 saturated heterocycles. The average molecular weight is 451 g/mol. The lowest BCUT2D eigenvalue weighted by Crippen LogP contribution is -2.50. The highest BCUT2D eigenvalue weighted by atomic mass is 35.5. The maximum absolute atomic E-state index is 14.8. The Labute approximate surface area is 186 Å². The van der Waals surface area contributed by atoms with Gasteiger partial charge in [-0.1, -0.05) is 78.0 Å². The van der Waals surface area contributed by atoms with Gasteiger partial charge in [0.25, 0.3) is 5.91 Å². The summed E-state index contributed by atoms with van der Waals surface area (Å²) in [4.78, 5) is 17.8. The number of nitrogens with one attached hydrogen (secondary N) is 1. The Balaban J connectivity index is 1.62. The maximum Gasteiger partial charge on any atom is 0.276 e. The molecule has 1 amide bonds. The zero-order chi connectivity index (χ0) is 21.4. The Morgan fingerprint density at radius 3 is 2.61 bits per heavy atom. The normalized spacial score (nSPS) is 17.3. The molecule has 2 aliphatic rings. The van der Waals surface area contributed by atoms with Crippen LogP contribution in [0.3, 0.4) is 0 Å². The Kier molecular flexibility index (Phi) is 5.21. The van der Waals surface area contributed by atoms with Gasteiger partial charge in [0.05, 0.1) is 15.9 Å². The maximum atomic E-state index is 14.8. The van der Waals surface area contributed by atoms with Crippen molar-refractivity contribution in [1.29, 1.82) is 0 Å². The van der Waals surface area contributed by atoms with Crippen LogP contribution in [0.25, 0.3) is 5.70 Å². The van der Waals surface area contributed by atoms with Crippen molar-refractivity contribution in [3.05, 3.63) is 105 Å². The second kappa shape index (κ2) is 8.17. The first-order chi connectivity index (χ1) is 15.1. The molecule has 2 aliphatic heterocycles. The predicted octanol–water partition coefficient (Wildman–Crippen LogP) is 3.56. The van der Waals surface area contributed by atoms with Crippen LogP contribution in [0.4, 0.5) is 4.39 Å². The van der Waals surface area contributed by atoms with Crippen molar-refractivity contribution in [3.8, 4) is 0 Å². The van der Waals surface area contributed by atoms with Crippen LogP contribution in [0.2, 0.25) is 5.02 Å². The van der Waals surface area contributed by atoms with Gasteiger partial charge in [-0.25, -0.2) is 9.40 Å². The number of hydrogen-bond acceptors (Lipinski definition) is 5. The van der Waals surface area contributed by atoms with Crippen LogP contribution in [-0.4, -0.2) is 16.1 Å². The molecule has 0 aliphatic carbocycles. The number of rotatable bonds is 3. The molecular weight excluding hydrogens is 435 g/mol. The highest BCUT2D eigenvalue weighted by Crippen LogP contribution is 2.36. The van der Waals surface area contributed by atoms with E-state index in [0.717, 1.165) is 5.56 Å². The summed E-state index contributed by atoms with van der Waals surface area (Å²) < 4.78 is 14.8. The molecule has 0 saturated carbocycles. The molecular formula is C23H16ClFN4OS. The predicted molar refractivity (Wildman–Crippen MR) is 120 cm³/mol. The monoisotopic (exact) mass is 450 g/mol. The summed E-state index contributed by atoms with van der Waals surface area (Å²) in [6.07, 6.45) is -0.892. The summed E-state index contributed by atoms with van der Waals surface area (Å²) in [6.45, 7) is 0. The first-order valence-corrected chi connectivity index (χ1v) is 10.9. The van der Waals surface area contributed by atoms with Crippen molar-refractivity contribution in [2.45, 2.75) is 11.9 Å². The van der Waals surface area contributed by atoms with Crippen molar-refractivity contribution in [1.82, 2.24) is 10.3 Å². The molecule has 31 heavy (non-hydrogen) atoms. The van der Waals surface area contributed by atoms with Crippen molar-refractivity contribution in [3.63, 3.8) is 0 Å². The average Bonchev–Trinajstić information content (AvgIpc) is 2.78. The molecule has 0 radical (unpaired) electrons. The number of hydrazone groups is 1. The molecule has 1 N–H and O–H groups in total. The number of para-hydroxylation sites is 1. The van der Waals surface area contributed by atoms with Crippen LogP contribution >= 0.6 is 23.4 Å². The van der Waals surface area contributed by atoms with E-state index in [9.17, 15) is 9.18 Å². The lowest BCUT2D eigenvalue weighted by atomic mass is 10.1. The second-order valence-electron chi connectivity index (χ2n) is 6.98. The molecule has 1 atom stereocenters. The molecule has 0 fully saturated rings. The van der Waals surface area contributed by atoms with Crippen molar-refractivity contribution >= 4 is 40.1 Å². The molecule has 2 heterocycles. The number of fused-ring (bicyclic) bond motifs is 2. The largest absolute Gasteiger partial charge is 0.298 e. The van der Waals surface area contributed by atoms with Crippen molar-refractivity contribution < 1.29 is 9.18 Å². The Hall–Kier alpha value is -3.16. The van der Waals surface area contributed by atoms with Crippen LogP contribution in [0.1, 0.15) is 17.3 Å². The number of amides is 1. The summed E-state index contributed by atoms with van der Waals surface area (Å²) in [5.41, 5.74) is 1.60. The molecule has 0 bridgehead atoms. The molecule has 5 nitrogen and oxygen atoms in total. The van der Waals surface area contributed by atoms with Gasteiger partial charge in [0, 0.05) is 11.0 Å². The summed E-state index contributed by atoms with van der Waals surface area (Å²) >= 11 is 7.74. The SMILES string of the molecule is O=C1NC(SCc2ccccc2)=NN2C1=c1ccccc1=N[C@H]2c1c(F)cccc1Cl. The zero-order valence-electron chi connectivity index (χ0n) is 16.1. The highest BCUT2D eigenvalue weighted by Gasteiger charge is 2.36. The van der Waals surface area contributed by atoms with E-state index >= 15 is 0 Å². The fourth-order valence-corrected chi connectivity index (χ4v) is 4.63. The quantitative estimate of drug-likeness (QED) is 0.664. The summed E-state index contributed by atoms with van der Waals surface area (Å²) in [5.74, 6) is -0.188. The third-order valence-corrected chi connectivity index (χ3v) is 6.26. The van der Waals surface area contributed by atoms with E-state index in [1.165, 1.54) is 28.9 Å². The van der Waals surface area contributed by atoms with E-state index in [1.807, 2.05) is 42.5 Å². The number of benzene rings is 3. The molecule has 0 aromatic heterocycles. The summed E-state index contributed by atoms with van der Waals surface area (Å²) in [6, 6.07) is 21.6. The van der Waals surface area contributed by atoms with Crippen LogP contribution < -0.4 is 15.9 Å². The lowest BCUT2D eigenvalue weighted by Gasteiger charge is -2.34. The van der Waals surface area contributed by atoms with Gasteiger partial charge in [0.15, 0.2) is 11.3 Å². The molecule has 8 heteroatoms. The first-order valence-electron chi connectivity index (χ1n) is 9.59. The van der Waals surface area contributed by atoms with E-state index in [0.29, 0.717) is 27.2 Å². The highest BCUT2D eigenvalue weighted by molar-refractivity contribution is 8.13. The van der Waals surface area contributed by atoms with Crippen LogP contribution in [0.15, 0.2) is 82.9 Å². The van der Waals surface area contributed by atoms with Gasteiger partial charge in [-0.3, -0.25) is 15.1 Å². The fraction of sp³-hybridized carbons (Fsp3) is 0.0870. The molecule has 154 valence electrons. The minimum atomic E-state index is -0.892. The lowest BCUT2D eigenvalue weighted by molar-refractivity contribution is -0.116. The van der Waals surface area contributed by atoms with E-state index in [2.05, 4.69) is 10.4 Å². The van der Waals surface area contributed by atoms with Gasteiger partial charge in [-0.15, -0.1) is 5.10 Å². The van der Waals surface area contributed by atoms with Crippen molar-refractivity contribution in [2.75, 3.05) is 0 Å². The topological polar surface area (TPSA) is 57.1 Å². The first kappa shape index (κ1) is 19.8. The van der Waals surface area contributed by atoms with Gasteiger partial charge in [-0.05, 0) is 23.8 Å². The van der Waals surface area contributed by atoms with Crippen LogP contribution in [-0.2, 0) is 10.5 Å². The molecule has 0 spiro atoms. The Bertz CT molecular complexity index is 1310. The number of carbonyl (C=O) groups excluding carboxylic acids is 1. The number of thioether (sulfide) groups is 1. The van der Waals surface area contributed by atoms with E-state index in [1.54, 1.807) is 18.2 Å². The number of amidine groups is 1. The number of hydrogen-bond donors (Lipinski definition) is 1. The minimum absolute atomic E-state index is 0.182. The standard InChI is InChI=1S/C23H16ClFN4OS/c24-16-10-6-11-17(25)19(16)21-26-18-12-5-4-9-15(18)20-22(30)27-23(28-29(20)21)31-13-14-7-2-1-3-8-14/h1-12,21H,13H2,(H,27,28,30)/t21-/m1/s1. The summed E-state index contributed by atoms with van der Waals surface area (Å²) in [7, 11) is 0. The molecule has 3 aromatic carbocycles. The molecule has 3 aromatic rings. The van der Waals surface area contributed by atoms with E-state index in [4.69, 9.17) is 16.6 Å². The van der Waals surface area contributed by atoms with Gasteiger partial charge < -0.3 is 0 Å². The van der Waals surface area contributed by atoms with Gasteiger partial charge >= 0.3 is 0 Å². The number of nitrogens with zero attached hydrogens (tertiary/aromatic N) is 3. The third kappa shape index (κ3) is 3.71. The number of carbonyl (C=O) groups is 1. The smallest absolute Gasteiger partial charge is 0.276 e. The van der Waals surface area contributed by atoms with E-state index < -0.39 is 12.0 Å².